The molecule has 0 atom stereocenters. The van der Waals surface area contributed by atoms with E-state index in [1.54, 1.807) is 13.0 Å². The number of benzene rings is 1. The van der Waals surface area contributed by atoms with Crippen molar-refractivity contribution in [2.24, 2.45) is 0 Å². The lowest BCUT2D eigenvalue weighted by Gasteiger charge is -2.18. The lowest BCUT2D eigenvalue weighted by molar-refractivity contribution is -0.385. The molecule has 23 heavy (non-hydrogen) atoms. The third kappa shape index (κ3) is 7.79. The van der Waals surface area contributed by atoms with Gasteiger partial charge in [-0.2, -0.15) is 0 Å². The molecule has 128 valence electrons. The number of rotatable bonds is 2. The van der Waals surface area contributed by atoms with Crippen LogP contribution in [0.1, 0.15) is 36.7 Å². The van der Waals surface area contributed by atoms with Crippen LogP contribution in [0, 0.1) is 17.0 Å². The summed E-state index contributed by atoms with van der Waals surface area (Å²) >= 11 is 0. The number of hydrogen-bond acceptors (Lipinski definition) is 6. The van der Waals surface area contributed by atoms with Crippen LogP contribution < -0.4 is 5.32 Å². The maximum Gasteiger partial charge on any atom is 0.407 e. The number of nitrogens with zero attached hydrogens (tertiary/aromatic N) is 1. The SMILES string of the molecule is CNC(=O)OC(C)(C)C.COC(=O)c1cc(C)ccc1[N+](=O)[O-]. The van der Waals surface area contributed by atoms with Crippen LogP contribution in [0.5, 0.6) is 0 Å². The second-order valence-electron chi connectivity index (χ2n) is 5.52. The van der Waals surface area contributed by atoms with Gasteiger partial charge in [-0.1, -0.05) is 6.07 Å². The fourth-order valence-corrected chi connectivity index (χ4v) is 1.41. The molecule has 1 aromatic carbocycles. The Labute approximate surface area is 134 Å². The second kappa shape index (κ2) is 8.72. The Bertz CT molecular complexity index is 578. The van der Waals surface area contributed by atoms with Crippen LogP contribution in [0.4, 0.5) is 10.5 Å². The Balaban J connectivity index is 0.000000468. The average molecular weight is 326 g/mol. The molecule has 0 bridgehead atoms. The minimum atomic E-state index is -0.694. The number of ether oxygens (including phenoxy) is 2. The summed E-state index contributed by atoms with van der Waals surface area (Å²) in [6.07, 6.45) is -0.387. The zero-order valence-corrected chi connectivity index (χ0v) is 14.1. The number of carbonyl (C=O) groups excluding carboxylic acids is 2. The molecular weight excluding hydrogens is 304 g/mol. The number of esters is 1. The van der Waals surface area contributed by atoms with Gasteiger partial charge in [0.15, 0.2) is 0 Å². The van der Waals surface area contributed by atoms with Crippen LogP contribution in [0.15, 0.2) is 18.2 Å². The predicted molar refractivity (Wildman–Crippen MR) is 84.5 cm³/mol. The monoisotopic (exact) mass is 326 g/mol. The molecule has 0 spiro atoms. The maximum absolute atomic E-state index is 11.2. The zero-order valence-electron chi connectivity index (χ0n) is 14.1. The normalized spacial score (nSPS) is 10.0. The van der Waals surface area contributed by atoms with E-state index in [9.17, 15) is 19.7 Å². The highest BCUT2D eigenvalue weighted by Crippen LogP contribution is 2.20. The van der Waals surface area contributed by atoms with E-state index in [4.69, 9.17) is 4.74 Å². The van der Waals surface area contributed by atoms with Gasteiger partial charge in [-0.25, -0.2) is 9.59 Å². The Morgan fingerprint density at radius 2 is 1.83 bits per heavy atom. The van der Waals surface area contributed by atoms with E-state index in [0.717, 1.165) is 5.56 Å². The van der Waals surface area contributed by atoms with E-state index >= 15 is 0 Å². The van der Waals surface area contributed by atoms with E-state index < -0.39 is 10.9 Å². The first-order valence-corrected chi connectivity index (χ1v) is 6.76. The first-order valence-electron chi connectivity index (χ1n) is 6.76. The first kappa shape index (κ1) is 20.4. The summed E-state index contributed by atoms with van der Waals surface area (Å²) in [6, 6.07) is 4.30. The van der Waals surface area contributed by atoms with Crippen molar-refractivity contribution in [1.82, 2.24) is 5.32 Å². The number of amides is 1. The molecule has 0 heterocycles. The van der Waals surface area contributed by atoms with E-state index in [0.29, 0.717) is 0 Å². The van der Waals surface area contributed by atoms with E-state index in [1.165, 1.54) is 26.3 Å². The molecule has 1 rings (SSSR count). The summed E-state index contributed by atoms with van der Waals surface area (Å²) in [6.45, 7) is 7.21. The molecule has 0 radical (unpaired) electrons. The van der Waals surface area contributed by atoms with Crippen molar-refractivity contribution < 1.29 is 24.0 Å². The third-order valence-corrected chi connectivity index (χ3v) is 2.36. The molecule has 0 fully saturated rings. The number of nitrogens with one attached hydrogen (secondary N) is 1. The van der Waals surface area contributed by atoms with Crippen molar-refractivity contribution >= 4 is 17.7 Å². The van der Waals surface area contributed by atoms with Crippen LogP contribution in [-0.2, 0) is 9.47 Å². The Morgan fingerprint density at radius 3 is 2.17 bits per heavy atom. The van der Waals surface area contributed by atoms with Gasteiger partial charge in [-0.15, -0.1) is 0 Å². The molecule has 8 heteroatoms. The molecule has 1 N–H and O–H groups in total. The van der Waals surface area contributed by atoms with Gasteiger partial charge in [0, 0.05) is 13.1 Å². The van der Waals surface area contributed by atoms with E-state index in [1.807, 2.05) is 20.8 Å². The smallest absolute Gasteiger partial charge is 0.407 e. The van der Waals surface area contributed by atoms with Crippen LogP contribution >= 0.6 is 0 Å². The second-order valence-corrected chi connectivity index (χ2v) is 5.52. The van der Waals surface area contributed by atoms with Gasteiger partial charge in [0.2, 0.25) is 0 Å². The van der Waals surface area contributed by atoms with Crippen molar-refractivity contribution in [2.75, 3.05) is 14.2 Å². The molecule has 1 aromatic rings. The van der Waals surface area contributed by atoms with Crippen LogP contribution in [0.2, 0.25) is 0 Å². The van der Waals surface area contributed by atoms with Crippen molar-refractivity contribution in [3.63, 3.8) is 0 Å². The summed E-state index contributed by atoms with van der Waals surface area (Å²) in [4.78, 5) is 31.6. The fourth-order valence-electron chi connectivity index (χ4n) is 1.41. The number of methoxy groups -OCH3 is 1. The predicted octanol–water partition coefficient (Wildman–Crippen LogP) is 2.83. The Kier molecular flexibility index (Phi) is 7.72. The molecule has 0 unspecified atom stereocenters. The van der Waals surface area contributed by atoms with Gasteiger partial charge in [0.1, 0.15) is 11.2 Å². The van der Waals surface area contributed by atoms with Crippen LogP contribution in [0.3, 0.4) is 0 Å². The molecule has 1 amide bonds. The number of nitro groups is 1. The Morgan fingerprint density at radius 1 is 1.26 bits per heavy atom. The fraction of sp³-hybridized carbons (Fsp3) is 0.467. The Hall–Kier alpha value is -2.64. The minimum absolute atomic E-state index is 0.0162. The van der Waals surface area contributed by atoms with Crippen LogP contribution in [0.25, 0.3) is 0 Å². The summed E-state index contributed by atoms with van der Waals surface area (Å²) in [5, 5.41) is 12.9. The average Bonchev–Trinajstić information content (AvgIpc) is 2.44. The quantitative estimate of drug-likeness (QED) is 0.508. The number of carbonyl (C=O) groups is 2. The van der Waals surface area contributed by atoms with Crippen molar-refractivity contribution in [3.8, 4) is 0 Å². The van der Waals surface area contributed by atoms with Gasteiger partial charge < -0.3 is 14.8 Å². The molecule has 0 saturated carbocycles. The molecule has 0 aliphatic rings. The molecule has 0 saturated heterocycles. The number of alkyl carbamates (subject to hydrolysis) is 1. The highest BCUT2D eigenvalue weighted by molar-refractivity contribution is 5.94. The minimum Gasteiger partial charge on any atom is -0.465 e. The first-order chi connectivity index (χ1) is 10.5. The highest BCUT2D eigenvalue weighted by Gasteiger charge is 2.20. The summed E-state index contributed by atoms with van der Waals surface area (Å²) in [5.41, 5.74) is 0.135. The summed E-state index contributed by atoms with van der Waals surface area (Å²) < 4.78 is 9.28. The lowest BCUT2D eigenvalue weighted by Crippen LogP contribution is -2.30. The molecule has 8 nitrogen and oxygen atoms in total. The van der Waals surface area contributed by atoms with Crippen molar-refractivity contribution in [2.45, 2.75) is 33.3 Å². The number of nitro benzene ring substituents is 1. The maximum atomic E-state index is 11.2. The van der Waals surface area contributed by atoms with Crippen molar-refractivity contribution in [3.05, 3.63) is 39.4 Å². The number of aryl methyl sites for hydroxylation is 1. The van der Waals surface area contributed by atoms with E-state index in [-0.39, 0.29) is 22.9 Å². The molecule has 0 aromatic heterocycles. The van der Waals surface area contributed by atoms with Crippen LogP contribution in [-0.4, -0.2) is 36.7 Å². The molecule has 0 aliphatic carbocycles. The van der Waals surface area contributed by atoms with Gasteiger partial charge in [-0.05, 0) is 39.3 Å². The van der Waals surface area contributed by atoms with E-state index in [2.05, 4.69) is 10.1 Å². The van der Waals surface area contributed by atoms with Gasteiger partial charge in [0.25, 0.3) is 5.69 Å². The number of hydrogen-bond donors (Lipinski definition) is 1. The zero-order chi connectivity index (χ0) is 18.2. The summed E-state index contributed by atoms with van der Waals surface area (Å²) in [5.74, 6) is -0.694. The van der Waals surface area contributed by atoms with Gasteiger partial charge in [0.05, 0.1) is 12.0 Å². The standard InChI is InChI=1S/C9H9NO4.C6H13NO2/c1-6-3-4-8(10(12)13)7(5-6)9(11)14-2;1-6(2,3)9-5(8)7-4/h3-5H,1-2H3;1-4H3,(H,7,8). The lowest BCUT2D eigenvalue weighted by atomic mass is 10.1. The van der Waals surface area contributed by atoms with Gasteiger partial charge in [-0.3, -0.25) is 10.1 Å². The topological polar surface area (TPSA) is 108 Å². The summed E-state index contributed by atoms with van der Waals surface area (Å²) in [7, 11) is 2.72. The molecular formula is C15H22N2O6. The molecule has 0 aliphatic heterocycles. The highest BCUT2D eigenvalue weighted by atomic mass is 16.6. The van der Waals surface area contributed by atoms with Crippen molar-refractivity contribution in [1.29, 1.82) is 0 Å². The third-order valence-electron chi connectivity index (χ3n) is 2.36. The largest absolute Gasteiger partial charge is 0.465 e. The van der Waals surface area contributed by atoms with Gasteiger partial charge >= 0.3 is 12.1 Å².